The maximum atomic E-state index is 6.00. The molecule has 0 saturated carbocycles. The zero-order chi connectivity index (χ0) is 20.1. The molecule has 1 aromatic heterocycles. The molecule has 3 aromatic carbocycles. The zero-order valence-corrected chi connectivity index (χ0v) is 18.3. The Hall–Kier alpha value is -1.07. The molecule has 3 nitrogen and oxygen atoms in total. The van der Waals surface area contributed by atoms with Gasteiger partial charge in [0.1, 0.15) is 0 Å². The van der Waals surface area contributed by atoms with Gasteiger partial charge in [0.2, 0.25) is 7.59 Å². The fraction of sp³-hybridized carbons (Fsp3) is 0.105. The highest BCUT2D eigenvalue weighted by molar-refractivity contribution is 6.67. The third kappa shape index (κ3) is 3.85. The van der Waals surface area contributed by atoms with Gasteiger partial charge >= 0.3 is 0 Å². The number of rotatable bonds is 1. The standard InChI is InChI=1S/C19H9Cl6N3/c20-18(21,22)16-26-15(27-17(28-16)19(23,24)25)14-9-10-5-1-2-6-11(10)12-7-3-4-8-13(12)14/h1-9H. The van der Waals surface area contributed by atoms with Crippen LogP contribution >= 0.6 is 69.6 Å². The lowest BCUT2D eigenvalue weighted by Gasteiger charge is -2.17. The molecular weight excluding hydrogens is 483 g/mol. The first-order valence-electron chi connectivity index (χ1n) is 7.96. The van der Waals surface area contributed by atoms with Crippen molar-refractivity contribution >= 4 is 91.2 Å². The van der Waals surface area contributed by atoms with Crippen LogP contribution in [0.25, 0.3) is 32.9 Å². The number of nitrogens with zero attached hydrogens (tertiary/aromatic N) is 3. The third-order valence-corrected chi connectivity index (χ3v) is 5.17. The maximum absolute atomic E-state index is 6.00. The third-order valence-electron chi connectivity index (χ3n) is 4.15. The summed E-state index contributed by atoms with van der Waals surface area (Å²) in [5.74, 6) is 0.00160. The fourth-order valence-electron chi connectivity index (χ4n) is 2.99. The normalized spacial score (nSPS) is 12.6. The molecule has 4 aromatic rings. The predicted molar refractivity (Wildman–Crippen MR) is 119 cm³/mol. The lowest BCUT2D eigenvalue weighted by molar-refractivity contribution is 0.852. The van der Waals surface area contributed by atoms with Crippen molar-refractivity contribution in [2.45, 2.75) is 7.59 Å². The van der Waals surface area contributed by atoms with Gasteiger partial charge < -0.3 is 0 Å². The molecule has 0 aliphatic carbocycles. The quantitative estimate of drug-likeness (QED) is 0.204. The van der Waals surface area contributed by atoms with E-state index in [9.17, 15) is 0 Å². The highest BCUT2D eigenvalue weighted by Gasteiger charge is 2.34. The zero-order valence-electron chi connectivity index (χ0n) is 13.8. The fourth-order valence-corrected chi connectivity index (χ4v) is 3.50. The lowest BCUT2D eigenvalue weighted by Crippen LogP contribution is -2.16. The number of benzene rings is 3. The van der Waals surface area contributed by atoms with Crippen LogP contribution in [0, 0.1) is 0 Å². The molecule has 0 aliphatic rings. The van der Waals surface area contributed by atoms with Crippen molar-refractivity contribution in [2.24, 2.45) is 0 Å². The van der Waals surface area contributed by atoms with E-state index in [1.165, 1.54) is 0 Å². The molecule has 0 aliphatic heterocycles. The number of hydrogen-bond donors (Lipinski definition) is 0. The summed E-state index contributed by atoms with van der Waals surface area (Å²) in [6.07, 6.45) is 0. The lowest BCUT2D eigenvalue weighted by atomic mass is 9.97. The van der Waals surface area contributed by atoms with Gasteiger partial charge in [-0.15, -0.1) is 0 Å². The van der Waals surface area contributed by atoms with E-state index in [4.69, 9.17) is 69.6 Å². The van der Waals surface area contributed by atoms with E-state index in [0.717, 1.165) is 21.5 Å². The van der Waals surface area contributed by atoms with E-state index in [1.54, 1.807) is 0 Å². The van der Waals surface area contributed by atoms with Gasteiger partial charge in [0.05, 0.1) is 0 Å². The van der Waals surface area contributed by atoms with E-state index in [-0.39, 0.29) is 17.5 Å². The average Bonchev–Trinajstić information content (AvgIpc) is 2.65. The van der Waals surface area contributed by atoms with E-state index in [2.05, 4.69) is 15.0 Å². The summed E-state index contributed by atoms with van der Waals surface area (Å²) >= 11 is 36.0. The Morgan fingerprint density at radius 2 is 1.07 bits per heavy atom. The summed E-state index contributed by atoms with van der Waals surface area (Å²) in [6, 6.07) is 17.8. The number of alkyl halides is 6. The van der Waals surface area contributed by atoms with Crippen LogP contribution < -0.4 is 0 Å². The molecule has 4 rings (SSSR count). The van der Waals surface area contributed by atoms with Crippen LogP contribution in [0.15, 0.2) is 54.6 Å². The van der Waals surface area contributed by atoms with Crippen LogP contribution in [-0.4, -0.2) is 15.0 Å². The average molecular weight is 492 g/mol. The minimum Gasteiger partial charge on any atom is -0.209 e. The number of hydrogen-bond acceptors (Lipinski definition) is 3. The van der Waals surface area contributed by atoms with Crippen LogP contribution in [0.4, 0.5) is 0 Å². The molecule has 0 fully saturated rings. The van der Waals surface area contributed by atoms with Crippen LogP contribution in [0.1, 0.15) is 11.6 Å². The van der Waals surface area contributed by atoms with Crippen molar-refractivity contribution in [2.75, 3.05) is 0 Å². The Morgan fingerprint density at radius 1 is 0.571 bits per heavy atom. The van der Waals surface area contributed by atoms with E-state index in [1.807, 2.05) is 54.6 Å². The molecule has 0 unspecified atom stereocenters. The molecule has 0 atom stereocenters. The predicted octanol–water partition coefficient (Wildman–Crippen LogP) is 7.50. The Labute approximate surface area is 190 Å². The second-order valence-electron chi connectivity index (χ2n) is 5.99. The van der Waals surface area contributed by atoms with Gasteiger partial charge in [-0.3, -0.25) is 0 Å². The van der Waals surface area contributed by atoms with Crippen molar-refractivity contribution in [3.8, 4) is 11.4 Å². The summed E-state index contributed by atoms with van der Waals surface area (Å²) in [6.45, 7) is 0. The van der Waals surface area contributed by atoms with Crippen molar-refractivity contribution in [3.63, 3.8) is 0 Å². The molecule has 0 bridgehead atoms. The molecule has 142 valence electrons. The molecular formula is C19H9Cl6N3. The molecule has 0 radical (unpaired) electrons. The minimum absolute atomic E-state index is 0.124. The molecule has 0 amide bonds. The number of fused-ring (bicyclic) bond motifs is 3. The largest absolute Gasteiger partial charge is 0.250 e. The highest BCUT2D eigenvalue weighted by Crippen LogP contribution is 2.42. The van der Waals surface area contributed by atoms with Crippen molar-refractivity contribution in [3.05, 3.63) is 66.2 Å². The van der Waals surface area contributed by atoms with Crippen molar-refractivity contribution in [1.29, 1.82) is 0 Å². The SMILES string of the molecule is ClC(Cl)(Cl)c1nc(-c2cc3ccccc3c3ccccc23)nc(C(Cl)(Cl)Cl)n1. The van der Waals surface area contributed by atoms with Crippen molar-refractivity contribution in [1.82, 2.24) is 15.0 Å². The minimum atomic E-state index is -1.91. The monoisotopic (exact) mass is 489 g/mol. The first-order valence-corrected chi connectivity index (χ1v) is 10.2. The molecule has 9 heteroatoms. The van der Waals surface area contributed by atoms with Crippen LogP contribution in [-0.2, 0) is 7.59 Å². The molecule has 0 N–H and O–H groups in total. The van der Waals surface area contributed by atoms with Gasteiger partial charge in [0.25, 0.3) is 0 Å². The summed E-state index contributed by atoms with van der Waals surface area (Å²) in [5.41, 5.74) is 0.711. The topological polar surface area (TPSA) is 38.7 Å². The van der Waals surface area contributed by atoms with Gasteiger partial charge in [-0.05, 0) is 27.6 Å². The van der Waals surface area contributed by atoms with Gasteiger partial charge in [-0.1, -0.05) is 118 Å². The second-order valence-corrected chi connectivity index (χ2v) is 10.6. The Balaban J connectivity index is 2.09. The Bertz CT molecular complexity index is 1170. The Morgan fingerprint density at radius 3 is 1.64 bits per heavy atom. The molecule has 0 saturated heterocycles. The Kier molecular flexibility index (Phi) is 5.28. The van der Waals surface area contributed by atoms with Gasteiger partial charge in [0, 0.05) is 5.56 Å². The van der Waals surface area contributed by atoms with E-state index in [0.29, 0.717) is 5.56 Å². The smallest absolute Gasteiger partial charge is 0.209 e. The first kappa shape index (κ1) is 20.2. The molecule has 1 heterocycles. The summed E-state index contributed by atoms with van der Waals surface area (Å²) in [5, 5.41) is 4.04. The highest BCUT2D eigenvalue weighted by atomic mass is 35.6. The maximum Gasteiger partial charge on any atom is 0.250 e. The van der Waals surface area contributed by atoms with E-state index < -0.39 is 7.59 Å². The van der Waals surface area contributed by atoms with Gasteiger partial charge in [-0.2, -0.15) is 0 Å². The number of aromatic nitrogens is 3. The van der Waals surface area contributed by atoms with Crippen LogP contribution in [0.2, 0.25) is 0 Å². The van der Waals surface area contributed by atoms with Gasteiger partial charge in [0.15, 0.2) is 17.5 Å². The first-order chi connectivity index (χ1) is 13.1. The second kappa shape index (κ2) is 7.32. The molecule has 0 spiro atoms. The summed E-state index contributed by atoms with van der Waals surface area (Å²) in [7, 11) is 0. The van der Waals surface area contributed by atoms with Gasteiger partial charge in [-0.25, -0.2) is 15.0 Å². The van der Waals surface area contributed by atoms with Crippen LogP contribution in [0.3, 0.4) is 0 Å². The summed E-state index contributed by atoms with van der Waals surface area (Å²) in [4.78, 5) is 12.7. The van der Waals surface area contributed by atoms with Crippen molar-refractivity contribution < 1.29 is 0 Å². The molecule has 28 heavy (non-hydrogen) atoms. The summed E-state index contributed by atoms with van der Waals surface area (Å²) < 4.78 is -3.82. The van der Waals surface area contributed by atoms with Crippen LogP contribution in [0.5, 0.6) is 0 Å². The number of halogens is 6. The van der Waals surface area contributed by atoms with E-state index >= 15 is 0 Å².